The summed E-state index contributed by atoms with van der Waals surface area (Å²) in [5, 5.41) is 21.9. The molecule has 3 aliphatic rings. The molecule has 0 saturated carbocycles. The van der Waals surface area contributed by atoms with E-state index in [1.165, 1.54) is 29.8 Å². The van der Waals surface area contributed by atoms with Gasteiger partial charge in [-0.2, -0.15) is 4.57 Å². The van der Waals surface area contributed by atoms with Gasteiger partial charge in [-0.05, 0) is 18.6 Å². The summed E-state index contributed by atoms with van der Waals surface area (Å²) in [6.45, 7) is 2.46. The molecule has 0 aliphatic carbocycles. The molecule has 2 aromatic heterocycles. The zero-order chi connectivity index (χ0) is 28.4. The van der Waals surface area contributed by atoms with Crippen LogP contribution in [0.4, 0.5) is 11.5 Å². The third-order valence-corrected chi connectivity index (χ3v) is 9.26. The van der Waals surface area contributed by atoms with Crippen molar-refractivity contribution < 1.29 is 28.9 Å². The number of unbranched alkanes of at least 4 members (excludes halogenated alkanes) is 1. The number of oxime groups is 1. The number of hydrogen-bond donors (Lipinski definition) is 3. The second-order valence-corrected chi connectivity index (χ2v) is 11.8. The molecule has 0 bridgehead atoms. The molecule has 3 aliphatic heterocycles. The fourth-order valence-electron chi connectivity index (χ4n) is 4.81. The predicted molar refractivity (Wildman–Crippen MR) is 149 cm³/mol. The Morgan fingerprint density at radius 2 is 2.20 bits per heavy atom. The average molecular weight is 584 g/mol. The summed E-state index contributed by atoms with van der Waals surface area (Å²) in [6, 6.07) is 5.75. The lowest BCUT2D eigenvalue weighted by molar-refractivity contribution is -0.690. The molecule has 1 fully saturated rings. The van der Waals surface area contributed by atoms with Crippen LogP contribution in [0.3, 0.4) is 0 Å². The predicted octanol–water partition coefficient (Wildman–Crippen LogP) is 0.440. The highest BCUT2D eigenvalue weighted by atomic mass is 32.2. The van der Waals surface area contributed by atoms with Crippen LogP contribution in [0.15, 0.2) is 58.0 Å². The van der Waals surface area contributed by atoms with E-state index in [-0.39, 0.29) is 22.9 Å². The number of carbonyl (C=O) groups excluding carboxylic acids is 3. The largest absolute Gasteiger partial charge is 0.543 e. The van der Waals surface area contributed by atoms with Gasteiger partial charge in [-0.1, -0.05) is 42.7 Å². The van der Waals surface area contributed by atoms with Crippen LogP contribution >= 0.6 is 23.5 Å². The molecule has 2 unspecified atom stereocenters. The Morgan fingerprint density at radius 3 is 2.92 bits per heavy atom. The average Bonchev–Trinajstić information content (AvgIpc) is 3.35. The quantitative estimate of drug-likeness (QED) is 0.155. The summed E-state index contributed by atoms with van der Waals surface area (Å²) < 4.78 is 1.92. The third kappa shape index (κ3) is 5.45. The number of thioether (sulfide) groups is 2. The molecule has 0 radical (unpaired) electrons. The van der Waals surface area contributed by atoms with Gasteiger partial charge in [-0.25, -0.2) is 4.98 Å². The number of rotatable bonds is 10. The van der Waals surface area contributed by atoms with E-state index < -0.39 is 29.2 Å². The molecule has 12 nitrogen and oxygen atoms in total. The number of aromatic nitrogens is 2. The number of nitrogen functional groups attached to an aromatic ring is 1. The molecule has 1 saturated heterocycles. The van der Waals surface area contributed by atoms with Crippen molar-refractivity contribution in [1.29, 1.82) is 0 Å². The van der Waals surface area contributed by atoms with Crippen LogP contribution in [0, 0.1) is 0 Å². The molecule has 2 amide bonds. The minimum Gasteiger partial charge on any atom is -0.543 e. The van der Waals surface area contributed by atoms with Crippen LogP contribution in [-0.4, -0.2) is 63.0 Å². The van der Waals surface area contributed by atoms with Gasteiger partial charge in [0.25, 0.3) is 11.8 Å². The molecule has 210 valence electrons. The summed E-state index contributed by atoms with van der Waals surface area (Å²) in [6.07, 6.45) is 7.24. The van der Waals surface area contributed by atoms with Gasteiger partial charge in [0.15, 0.2) is 24.7 Å². The molecule has 0 spiro atoms. The molecule has 14 heteroatoms. The van der Waals surface area contributed by atoms with Crippen LogP contribution in [-0.2, 0) is 25.8 Å². The van der Waals surface area contributed by atoms with Crippen LogP contribution in [0.1, 0.15) is 31.9 Å². The smallest absolute Gasteiger partial charge is 0.276 e. The van der Waals surface area contributed by atoms with Crippen molar-refractivity contribution in [1.82, 2.24) is 15.2 Å². The molecule has 2 aromatic rings. The van der Waals surface area contributed by atoms with Crippen molar-refractivity contribution in [2.75, 3.05) is 23.9 Å². The van der Waals surface area contributed by atoms with Crippen molar-refractivity contribution in [3.8, 4) is 0 Å². The van der Waals surface area contributed by atoms with E-state index in [1.807, 2.05) is 23.0 Å². The minimum atomic E-state index is -1.43. The first kappa shape index (κ1) is 27.8. The van der Waals surface area contributed by atoms with Crippen molar-refractivity contribution >= 4 is 58.5 Å². The number of carboxylic acids is 1. The molecular weight excluding hydrogens is 554 g/mol. The lowest BCUT2D eigenvalue weighted by atomic mass is 10.0. The fourth-order valence-corrected chi connectivity index (χ4v) is 7.37. The number of amides is 2. The van der Waals surface area contributed by atoms with E-state index in [9.17, 15) is 19.5 Å². The molecule has 5 rings (SSSR count). The Morgan fingerprint density at radius 1 is 1.38 bits per heavy atom. The summed E-state index contributed by atoms with van der Waals surface area (Å²) >= 11 is 3.14. The van der Waals surface area contributed by atoms with Gasteiger partial charge in [0, 0.05) is 17.4 Å². The Bertz CT molecular complexity index is 1420. The molecule has 4 N–H and O–H groups in total. The lowest BCUT2D eigenvalue weighted by Gasteiger charge is -2.50. The van der Waals surface area contributed by atoms with Gasteiger partial charge in [-0.15, -0.1) is 11.8 Å². The Balaban J connectivity index is 1.30. The number of nitrogens with two attached hydrogens (primary N) is 1. The second-order valence-electron chi connectivity index (χ2n) is 9.46. The maximum atomic E-state index is 13.1. The number of aliphatic carboxylic acids is 1. The van der Waals surface area contributed by atoms with Crippen LogP contribution in [0.5, 0.6) is 0 Å². The number of β-lactam (4-membered cyclic amide) rings is 1. The van der Waals surface area contributed by atoms with E-state index in [1.54, 1.807) is 23.9 Å². The second kappa shape index (κ2) is 11.8. The summed E-state index contributed by atoms with van der Waals surface area (Å²) in [5.41, 5.74) is 7.22. The summed E-state index contributed by atoms with van der Waals surface area (Å²) in [5.74, 6) is -2.13. The Labute approximate surface area is 239 Å². The van der Waals surface area contributed by atoms with E-state index in [2.05, 4.69) is 27.7 Å². The van der Waals surface area contributed by atoms with Crippen molar-refractivity contribution in [2.24, 2.45) is 5.16 Å². The van der Waals surface area contributed by atoms with Crippen molar-refractivity contribution in [3.05, 3.63) is 53.6 Å². The SMILES string of the molecule is CCCCC1Nc2cc[n+](CC3=C(C(=O)[O-])N4C(=O)C(NC(=O)C(=NOC)c5cccc(N)n5)[C@H]4SC3)cc2S1. The maximum absolute atomic E-state index is 13.1. The van der Waals surface area contributed by atoms with Gasteiger partial charge < -0.3 is 31.1 Å². The lowest BCUT2D eigenvalue weighted by Crippen LogP contribution is -2.71. The molecular formula is C26H29N7O5S2. The first-order chi connectivity index (χ1) is 19.3. The van der Waals surface area contributed by atoms with Gasteiger partial charge in [0.05, 0.1) is 27.6 Å². The number of carbonyl (C=O) groups is 3. The highest BCUT2D eigenvalue weighted by Crippen LogP contribution is 2.41. The van der Waals surface area contributed by atoms with Crippen molar-refractivity contribution in [3.63, 3.8) is 0 Å². The Hall–Kier alpha value is -3.78. The minimum absolute atomic E-state index is 0.151. The fraction of sp³-hybridized carbons (Fsp3) is 0.385. The highest BCUT2D eigenvalue weighted by Gasteiger charge is 2.53. The monoisotopic (exact) mass is 583 g/mol. The number of anilines is 2. The molecule has 40 heavy (non-hydrogen) atoms. The molecule has 5 heterocycles. The summed E-state index contributed by atoms with van der Waals surface area (Å²) in [7, 11) is 1.28. The first-order valence-electron chi connectivity index (χ1n) is 12.8. The number of carboxylic acid groups (broad SMARTS) is 1. The third-order valence-electron chi connectivity index (χ3n) is 6.70. The number of nitrogens with one attached hydrogen (secondary N) is 2. The number of hydrogen-bond acceptors (Lipinski definition) is 11. The van der Waals surface area contributed by atoms with Gasteiger partial charge in [-0.3, -0.25) is 14.5 Å². The number of pyridine rings is 2. The maximum Gasteiger partial charge on any atom is 0.276 e. The van der Waals surface area contributed by atoms with Gasteiger partial charge in [0.1, 0.15) is 30.0 Å². The Kier molecular flexibility index (Phi) is 8.17. The van der Waals surface area contributed by atoms with Crippen LogP contribution in [0.25, 0.3) is 0 Å². The topological polar surface area (TPSA) is 166 Å². The molecule has 0 aromatic carbocycles. The molecule has 3 atom stereocenters. The number of nitrogens with zero attached hydrogens (tertiary/aromatic N) is 4. The van der Waals surface area contributed by atoms with Crippen LogP contribution < -0.4 is 26.0 Å². The van der Waals surface area contributed by atoms with Crippen molar-refractivity contribution in [2.45, 2.75) is 54.4 Å². The highest BCUT2D eigenvalue weighted by molar-refractivity contribution is 8.00. The standard InChI is InChI=1S/C26H29N7O5S2/c1-3-4-8-19-29-15-9-10-32(12-17(15)40-19)11-14-13-39-25-21(24(35)33(25)22(14)26(36)37)30-23(34)20(31-38-2)16-6-5-7-18(27)28-16/h5-7,9-10,12,19,21,25H,3-4,8,11,13H2,1-2H3,(H4,27,28,30,34,36,37)/t19?,21?,25-/m1/s1. The van der Waals surface area contributed by atoms with E-state index >= 15 is 0 Å². The van der Waals surface area contributed by atoms with E-state index in [0.29, 0.717) is 23.2 Å². The zero-order valence-corrected chi connectivity index (χ0v) is 23.6. The normalized spacial score (nSPS) is 21.8. The first-order valence-corrected chi connectivity index (χ1v) is 14.7. The van der Waals surface area contributed by atoms with E-state index in [0.717, 1.165) is 29.8 Å². The zero-order valence-electron chi connectivity index (χ0n) is 22.0. The summed E-state index contributed by atoms with van der Waals surface area (Å²) in [4.78, 5) is 49.6. The number of fused-ring (bicyclic) bond motifs is 2. The van der Waals surface area contributed by atoms with E-state index in [4.69, 9.17) is 10.6 Å². The van der Waals surface area contributed by atoms with Gasteiger partial charge >= 0.3 is 0 Å². The van der Waals surface area contributed by atoms with Crippen LogP contribution in [0.2, 0.25) is 0 Å². The van der Waals surface area contributed by atoms with Gasteiger partial charge in [0.2, 0.25) is 0 Å².